The van der Waals surface area contributed by atoms with E-state index in [2.05, 4.69) is 37.9 Å². The van der Waals surface area contributed by atoms with Crippen molar-refractivity contribution in [3.8, 4) is 11.4 Å². The number of pyridine rings is 1. The third kappa shape index (κ3) is 3.76. The predicted octanol–water partition coefficient (Wildman–Crippen LogP) is 2.96. The molecule has 3 unspecified atom stereocenters. The SMILES string of the molecule is O=C(NC1CCOCC1)c1nc(-c2cnc3c(c2NC2[C@@H]4CC5C[C@H]2CC(O)(C5)C4)C=CC3)no1. The highest BCUT2D eigenvalue weighted by molar-refractivity contribution is 5.91. The topological polar surface area (TPSA) is 122 Å². The summed E-state index contributed by atoms with van der Waals surface area (Å²) in [6.07, 6.45) is 13.4. The molecule has 2 aromatic heterocycles. The van der Waals surface area contributed by atoms with Crippen LogP contribution in [-0.2, 0) is 11.2 Å². The van der Waals surface area contributed by atoms with E-state index in [1.165, 1.54) is 12.8 Å². The van der Waals surface area contributed by atoms with Crippen molar-refractivity contribution >= 4 is 17.7 Å². The van der Waals surface area contributed by atoms with Gasteiger partial charge in [-0.1, -0.05) is 17.3 Å². The summed E-state index contributed by atoms with van der Waals surface area (Å²) in [5.41, 5.74) is 3.33. The Morgan fingerprint density at radius 3 is 2.71 bits per heavy atom. The number of nitrogens with one attached hydrogen (secondary N) is 2. The van der Waals surface area contributed by atoms with Crippen LogP contribution in [0.2, 0.25) is 0 Å². The summed E-state index contributed by atoms with van der Waals surface area (Å²) >= 11 is 0. The van der Waals surface area contributed by atoms with E-state index in [0.717, 1.165) is 61.0 Å². The zero-order valence-corrected chi connectivity index (χ0v) is 19.7. The molecule has 3 heterocycles. The molecule has 35 heavy (non-hydrogen) atoms. The van der Waals surface area contributed by atoms with Crippen molar-refractivity contribution in [3.63, 3.8) is 0 Å². The van der Waals surface area contributed by atoms with Crippen LogP contribution in [0.4, 0.5) is 5.69 Å². The smallest absolute Gasteiger partial charge is 0.316 e. The Bertz CT molecular complexity index is 1170. The molecular weight excluding hydrogens is 446 g/mol. The van der Waals surface area contributed by atoms with Gasteiger partial charge in [-0.15, -0.1) is 0 Å². The molecule has 5 atom stereocenters. The average molecular weight is 478 g/mol. The Labute approximate surface area is 203 Å². The monoisotopic (exact) mass is 477 g/mol. The lowest BCUT2D eigenvalue weighted by atomic mass is 9.52. The van der Waals surface area contributed by atoms with E-state index in [1.807, 2.05) is 0 Å². The molecule has 5 fully saturated rings. The van der Waals surface area contributed by atoms with Crippen molar-refractivity contribution in [2.45, 2.75) is 69.1 Å². The number of carbonyl (C=O) groups excluding carboxylic acids is 1. The fraction of sp³-hybridized carbons (Fsp3) is 0.615. The third-order valence-corrected chi connectivity index (χ3v) is 8.76. The number of anilines is 1. The van der Waals surface area contributed by atoms with E-state index in [1.54, 1.807) is 6.20 Å². The lowest BCUT2D eigenvalue weighted by molar-refractivity contribution is -0.129. The van der Waals surface area contributed by atoms with E-state index >= 15 is 0 Å². The van der Waals surface area contributed by atoms with Crippen LogP contribution >= 0.6 is 0 Å². The summed E-state index contributed by atoms with van der Waals surface area (Å²) in [6.45, 7) is 1.29. The number of nitrogens with zero attached hydrogens (tertiary/aromatic N) is 3. The minimum absolute atomic E-state index is 0.0367. The fourth-order valence-corrected chi connectivity index (χ4v) is 7.42. The van der Waals surface area contributed by atoms with Crippen LogP contribution in [-0.4, -0.2) is 57.0 Å². The number of amides is 1. The zero-order chi connectivity index (χ0) is 23.6. The van der Waals surface area contributed by atoms with Crippen LogP contribution in [0.3, 0.4) is 0 Å². The van der Waals surface area contributed by atoms with Crippen LogP contribution in [0, 0.1) is 17.8 Å². The second-order valence-electron chi connectivity index (χ2n) is 11.2. The summed E-state index contributed by atoms with van der Waals surface area (Å²) in [7, 11) is 0. The van der Waals surface area contributed by atoms with Gasteiger partial charge < -0.3 is 25.0 Å². The first-order valence-corrected chi connectivity index (χ1v) is 12.9. The van der Waals surface area contributed by atoms with Crippen molar-refractivity contribution in [1.29, 1.82) is 0 Å². The Hall–Kier alpha value is -2.78. The van der Waals surface area contributed by atoms with E-state index in [9.17, 15) is 9.90 Å². The van der Waals surface area contributed by atoms with Gasteiger partial charge in [-0.2, -0.15) is 4.98 Å². The van der Waals surface area contributed by atoms with Crippen LogP contribution in [0.5, 0.6) is 0 Å². The Morgan fingerprint density at radius 2 is 1.94 bits per heavy atom. The fourth-order valence-electron chi connectivity index (χ4n) is 7.42. The molecule has 2 aromatic rings. The molecule has 0 radical (unpaired) electrons. The molecular formula is C26H31N5O4. The molecule has 3 N–H and O–H groups in total. The quantitative estimate of drug-likeness (QED) is 0.601. The molecule has 4 saturated carbocycles. The molecule has 1 amide bonds. The second kappa shape index (κ2) is 8.13. The number of ether oxygens (including phenoxy) is 1. The zero-order valence-electron chi connectivity index (χ0n) is 19.7. The van der Waals surface area contributed by atoms with Gasteiger partial charge in [0, 0.05) is 43.5 Å². The van der Waals surface area contributed by atoms with Gasteiger partial charge in [0.05, 0.1) is 22.5 Å². The van der Waals surface area contributed by atoms with Gasteiger partial charge in [-0.05, 0) is 62.7 Å². The third-order valence-electron chi connectivity index (χ3n) is 8.76. The van der Waals surface area contributed by atoms with Crippen LogP contribution < -0.4 is 10.6 Å². The largest absolute Gasteiger partial charge is 0.390 e. The molecule has 0 spiro atoms. The molecule has 1 aliphatic heterocycles. The van der Waals surface area contributed by atoms with Gasteiger partial charge in [0.2, 0.25) is 5.82 Å². The number of aromatic nitrogens is 3. The van der Waals surface area contributed by atoms with Crippen molar-refractivity contribution in [2.24, 2.45) is 17.8 Å². The van der Waals surface area contributed by atoms with Crippen molar-refractivity contribution in [3.05, 3.63) is 29.4 Å². The lowest BCUT2D eigenvalue weighted by Gasteiger charge is -2.58. The molecule has 8 rings (SSSR count). The number of aliphatic hydroxyl groups is 1. The van der Waals surface area contributed by atoms with Gasteiger partial charge in [0.1, 0.15) is 0 Å². The molecule has 9 nitrogen and oxygen atoms in total. The van der Waals surface area contributed by atoms with Crippen molar-refractivity contribution < 1.29 is 19.2 Å². The summed E-state index contributed by atoms with van der Waals surface area (Å²) in [5, 5.41) is 22.0. The first-order chi connectivity index (χ1) is 17.0. The van der Waals surface area contributed by atoms with Crippen molar-refractivity contribution in [2.75, 3.05) is 18.5 Å². The number of hydrogen-bond acceptors (Lipinski definition) is 8. The van der Waals surface area contributed by atoms with E-state index in [4.69, 9.17) is 9.26 Å². The standard InChI is InChI=1S/C26H31N5O4/c32-24(28-17-4-6-34-7-5-17)25-30-23(31-35-25)19-13-27-20-3-1-2-18(20)22(19)29-21-15-8-14-9-16(21)12-26(33,10-14)11-15/h1-2,13-17,21,33H,3-12H2,(H,27,29)(H,28,32)/t14?,15-,16+,21?,26?. The molecule has 1 saturated heterocycles. The molecule has 5 aliphatic carbocycles. The van der Waals surface area contributed by atoms with Gasteiger partial charge in [0.25, 0.3) is 0 Å². The number of carbonyl (C=O) groups is 1. The summed E-state index contributed by atoms with van der Waals surface area (Å²) in [4.78, 5) is 21.9. The summed E-state index contributed by atoms with van der Waals surface area (Å²) in [6, 6.07) is 0.358. The number of allylic oxidation sites excluding steroid dienone is 1. The first kappa shape index (κ1) is 21.5. The maximum Gasteiger partial charge on any atom is 0.316 e. The molecule has 0 aromatic carbocycles. The van der Waals surface area contributed by atoms with E-state index in [0.29, 0.717) is 42.8 Å². The number of rotatable bonds is 5. The minimum atomic E-state index is -0.474. The van der Waals surface area contributed by atoms with Crippen LogP contribution in [0.25, 0.3) is 17.5 Å². The van der Waals surface area contributed by atoms with Gasteiger partial charge in [0.15, 0.2) is 0 Å². The summed E-state index contributed by atoms with van der Waals surface area (Å²) < 4.78 is 10.7. The van der Waals surface area contributed by atoms with Gasteiger partial charge in [-0.3, -0.25) is 9.78 Å². The average Bonchev–Trinajstić information content (AvgIpc) is 3.51. The van der Waals surface area contributed by atoms with Gasteiger partial charge >= 0.3 is 11.8 Å². The summed E-state index contributed by atoms with van der Waals surface area (Å²) in [5.74, 6) is 1.53. The number of fused-ring (bicyclic) bond motifs is 1. The van der Waals surface area contributed by atoms with E-state index < -0.39 is 5.60 Å². The van der Waals surface area contributed by atoms with E-state index in [-0.39, 0.29) is 17.8 Å². The normalized spacial score (nSPS) is 33.2. The number of hydrogen-bond donors (Lipinski definition) is 3. The molecule has 4 bridgehead atoms. The Balaban J connectivity index is 1.18. The molecule has 184 valence electrons. The van der Waals surface area contributed by atoms with Crippen LogP contribution in [0.15, 0.2) is 16.8 Å². The Kier molecular flexibility index (Phi) is 4.99. The highest BCUT2D eigenvalue weighted by atomic mass is 16.5. The first-order valence-electron chi connectivity index (χ1n) is 12.9. The highest BCUT2D eigenvalue weighted by Gasteiger charge is 2.55. The Morgan fingerprint density at radius 1 is 1.14 bits per heavy atom. The van der Waals surface area contributed by atoms with Gasteiger partial charge in [-0.25, -0.2) is 0 Å². The lowest BCUT2D eigenvalue weighted by Crippen LogP contribution is -2.59. The van der Waals surface area contributed by atoms with Crippen LogP contribution in [0.1, 0.15) is 66.9 Å². The maximum absolute atomic E-state index is 12.7. The molecule has 6 aliphatic rings. The second-order valence-corrected chi connectivity index (χ2v) is 11.2. The predicted molar refractivity (Wildman–Crippen MR) is 127 cm³/mol. The highest BCUT2D eigenvalue weighted by Crippen LogP contribution is 2.56. The minimum Gasteiger partial charge on any atom is -0.390 e. The van der Waals surface area contributed by atoms with Crippen molar-refractivity contribution in [1.82, 2.24) is 20.4 Å². The maximum atomic E-state index is 12.7. The molecule has 9 heteroatoms.